The lowest BCUT2D eigenvalue weighted by Crippen LogP contribution is -2.35. The summed E-state index contributed by atoms with van der Waals surface area (Å²) in [5.74, 6) is -1.41. The van der Waals surface area contributed by atoms with Gasteiger partial charge in [-0.1, -0.05) is 48.2 Å². The summed E-state index contributed by atoms with van der Waals surface area (Å²) in [6.07, 6.45) is 1.64. The monoisotopic (exact) mass is 363 g/mol. The number of hydrogen-bond donors (Lipinski definition) is 2. The Labute approximate surface area is 155 Å². The number of amides is 2. The van der Waals surface area contributed by atoms with Crippen molar-refractivity contribution in [3.05, 3.63) is 84.7 Å². The first-order chi connectivity index (χ1) is 12.7. The van der Waals surface area contributed by atoms with Gasteiger partial charge in [-0.3, -0.25) is 14.6 Å². The van der Waals surface area contributed by atoms with E-state index in [4.69, 9.17) is 0 Å². The zero-order chi connectivity index (χ0) is 18.2. The highest BCUT2D eigenvalue weighted by atomic mass is 32.2. The van der Waals surface area contributed by atoms with Gasteiger partial charge in [0.15, 0.2) is 0 Å². The molecule has 130 valence electrons. The van der Waals surface area contributed by atoms with Crippen LogP contribution >= 0.6 is 11.8 Å². The van der Waals surface area contributed by atoms with E-state index in [9.17, 15) is 9.59 Å². The number of hydrogen-bond acceptors (Lipinski definition) is 4. The highest BCUT2D eigenvalue weighted by Gasteiger charge is 2.15. The van der Waals surface area contributed by atoms with Crippen molar-refractivity contribution < 1.29 is 9.59 Å². The van der Waals surface area contributed by atoms with Crippen LogP contribution in [0.1, 0.15) is 5.69 Å². The number of rotatable bonds is 5. The Hall–Kier alpha value is -3.12. The highest BCUT2D eigenvalue weighted by Crippen LogP contribution is 2.33. The average molecular weight is 363 g/mol. The molecule has 0 saturated carbocycles. The Morgan fingerprint density at radius 2 is 1.58 bits per heavy atom. The van der Waals surface area contributed by atoms with Gasteiger partial charge in [0, 0.05) is 16.0 Å². The molecule has 0 radical (unpaired) electrons. The van der Waals surface area contributed by atoms with E-state index in [2.05, 4.69) is 15.6 Å². The van der Waals surface area contributed by atoms with E-state index < -0.39 is 11.8 Å². The summed E-state index contributed by atoms with van der Waals surface area (Å²) in [7, 11) is 0. The minimum absolute atomic E-state index is 0.202. The fourth-order valence-corrected chi connectivity index (χ4v) is 3.13. The molecule has 3 rings (SSSR count). The Morgan fingerprint density at radius 1 is 0.846 bits per heavy atom. The van der Waals surface area contributed by atoms with Gasteiger partial charge in [-0.05, 0) is 36.4 Å². The summed E-state index contributed by atoms with van der Waals surface area (Å²) < 4.78 is 0. The molecule has 0 saturated heterocycles. The molecule has 26 heavy (non-hydrogen) atoms. The van der Waals surface area contributed by atoms with Crippen molar-refractivity contribution in [2.75, 3.05) is 5.32 Å². The molecule has 0 unspecified atom stereocenters. The molecule has 0 spiro atoms. The Bertz CT molecular complexity index is 886. The number of para-hydroxylation sites is 1. The number of carbonyl (C=O) groups excluding carboxylic acids is 2. The maximum Gasteiger partial charge on any atom is 0.313 e. The fourth-order valence-electron chi connectivity index (χ4n) is 2.21. The highest BCUT2D eigenvalue weighted by molar-refractivity contribution is 7.99. The maximum absolute atomic E-state index is 12.2. The fraction of sp³-hybridized carbons (Fsp3) is 0.0500. The molecule has 0 atom stereocenters. The van der Waals surface area contributed by atoms with E-state index in [0.717, 1.165) is 9.79 Å². The first kappa shape index (κ1) is 17.7. The van der Waals surface area contributed by atoms with Crippen molar-refractivity contribution in [2.45, 2.75) is 16.3 Å². The standard InChI is InChI=1S/C20H17N3O2S/c24-19(22-14-15-8-6-7-13-21-15)20(25)23-17-11-4-5-12-18(17)26-16-9-2-1-3-10-16/h1-13H,14H2,(H,22,24)(H,23,25). The topological polar surface area (TPSA) is 71.1 Å². The summed E-state index contributed by atoms with van der Waals surface area (Å²) in [6.45, 7) is 0.202. The van der Waals surface area contributed by atoms with E-state index in [1.54, 1.807) is 24.4 Å². The van der Waals surface area contributed by atoms with Crippen LogP contribution in [-0.4, -0.2) is 16.8 Å². The van der Waals surface area contributed by atoms with Crippen LogP contribution in [0.3, 0.4) is 0 Å². The van der Waals surface area contributed by atoms with Crippen molar-refractivity contribution in [3.63, 3.8) is 0 Å². The average Bonchev–Trinajstić information content (AvgIpc) is 2.69. The van der Waals surface area contributed by atoms with Gasteiger partial charge in [-0.2, -0.15) is 0 Å². The third-order valence-corrected chi connectivity index (χ3v) is 4.55. The normalized spacial score (nSPS) is 10.2. The molecule has 3 aromatic rings. The lowest BCUT2D eigenvalue weighted by Gasteiger charge is -2.11. The molecular weight excluding hydrogens is 346 g/mol. The van der Waals surface area contributed by atoms with Crippen molar-refractivity contribution in [1.29, 1.82) is 0 Å². The minimum Gasteiger partial charge on any atom is -0.342 e. The number of nitrogens with zero attached hydrogens (tertiary/aromatic N) is 1. The van der Waals surface area contributed by atoms with Crippen molar-refractivity contribution in [2.24, 2.45) is 0 Å². The van der Waals surface area contributed by atoms with Gasteiger partial charge in [0.25, 0.3) is 0 Å². The number of nitrogens with one attached hydrogen (secondary N) is 2. The Kier molecular flexibility index (Phi) is 6.01. The second kappa shape index (κ2) is 8.82. The maximum atomic E-state index is 12.2. The third kappa shape index (κ3) is 4.94. The Morgan fingerprint density at radius 3 is 2.35 bits per heavy atom. The van der Waals surface area contributed by atoms with Crippen LogP contribution in [0.5, 0.6) is 0 Å². The molecule has 5 nitrogen and oxygen atoms in total. The van der Waals surface area contributed by atoms with Crippen molar-refractivity contribution >= 4 is 29.3 Å². The second-order valence-electron chi connectivity index (χ2n) is 5.37. The van der Waals surface area contributed by atoms with Crippen molar-refractivity contribution in [1.82, 2.24) is 10.3 Å². The molecular formula is C20H17N3O2S. The SMILES string of the molecule is O=C(NCc1ccccn1)C(=O)Nc1ccccc1Sc1ccccc1. The Balaban J connectivity index is 1.63. The van der Waals surface area contributed by atoms with Gasteiger partial charge in [-0.15, -0.1) is 0 Å². The zero-order valence-corrected chi connectivity index (χ0v) is 14.7. The largest absolute Gasteiger partial charge is 0.342 e. The molecule has 1 aromatic heterocycles. The lowest BCUT2D eigenvalue weighted by atomic mass is 10.3. The summed E-state index contributed by atoms with van der Waals surface area (Å²) >= 11 is 1.52. The number of aromatic nitrogens is 1. The van der Waals surface area contributed by atoms with E-state index >= 15 is 0 Å². The second-order valence-corrected chi connectivity index (χ2v) is 6.48. The quantitative estimate of drug-likeness (QED) is 0.681. The van der Waals surface area contributed by atoms with E-state index in [1.165, 1.54) is 11.8 Å². The van der Waals surface area contributed by atoms with Crippen LogP contribution < -0.4 is 10.6 Å². The summed E-state index contributed by atoms with van der Waals surface area (Å²) in [5.41, 5.74) is 1.29. The van der Waals surface area contributed by atoms with Crippen LogP contribution in [0.2, 0.25) is 0 Å². The summed E-state index contributed by atoms with van der Waals surface area (Å²) in [6, 6.07) is 22.6. The van der Waals surface area contributed by atoms with Gasteiger partial charge in [-0.25, -0.2) is 0 Å². The van der Waals surface area contributed by atoms with E-state index in [-0.39, 0.29) is 6.54 Å². The molecule has 2 aromatic carbocycles. The molecule has 0 fully saturated rings. The third-order valence-electron chi connectivity index (χ3n) is 3.47. The molecule has 0 bridgehead atoms. The van der Waals surface area contributed by atoms with Crippen LogP contribution in [-0.2, 0) is 16.1 Å². The van der Waals surface area contributed by atoms with E-state index in [1.807, 2.05) is 54.6 Å². The van der Waals surface area contributed by atoms with Gasteiger partial charge in [0.2, 0.25) is 0 Å². The van der Waals surface area contributed by atoms with Crippen LogP contribution in [0.15, 0.2) is 88.8 Å². The first-order valence-electron chi connectivity index (χ1n) is 8.03. The van der Waals surface area contributed by atoms with Gasteiger partial charge in [0.05, 0.1) is 17.9 Å². The smallest absolute Gasteiger partial charge is 0.313 e. The van der Waals surface area contributed by atoms with Gasteiger partial charge >= 0.3 is 11.8 Å². The molecule has 2 N–H and O–H groups in total. The van der Waals surface area contributed by atoms with Crippen LogP contribution in [0, 0.1) is 0 Å². The van der Waals surface area contributed by atoms with Crippen LogP contribution in [0.4, 0.5) is 5.69 Å². The van der Waals surface area contributed by atoms with Crippen molar-refractivity contribution in [3.8, 4) is 0 Å². The number of pyridine rings is 1. The molecule has 0 aliphatic heterocycles. The summed E-state index contributed by atoms with van der Waals surface area (Å²) in [5, 5.41) is 5.24. The zero-order valence-electron chi connectivity index (χ0n) is 13.9. The molecule has 1 heterocycles. The number of carbonyl (C=O) groups is 2. The predicted octanol–water partition coefficient (Wildman–Crippen LogP) is 3.49. The molecule has 2 amide bonds. The lowest BCUT2D eigenvalue weighted by molar-refractivity contribution is -0.136. The minimum atomic E-state index is -0.706. The van der Waals surface area contributed by atoms with Gasteiger partial charge < -0.3 is 10.6 Å². The van der Waals surface area contributed by atoms with Gasteiger partial charge in [0.1, 0.15) is 0 Å². The first-order valence-corrected chi connectivity index (χ1v) is 8.85. The number of benzene rings is 2. The predicted molar refractivity (Wildman–Crippen MR) is 102 cm³/mol. The van der Waals surface area contributed by atoms with Crippen LogP contribution in [0.25, 0.3) is 0 Å². The molecule has 0 aliphatic carbocycles. The molecule has 6 heteroatoms. The summed E-state index contributed by atoms with van der Waals surface area (Å²) in [4.78, 5) is 30.2. The molecule has 0 aliphatic rings. The van der Waals surface area contributed by atoms with E-state index in [0.29, 0.717) is 11.4 Å². The number of anilines is 1.